The van der Waals surface area contributed by atoms with Crippen molar-refractivity contribution >= 4 is 22.6 Å². The van der Waals surface area contributed by atoms with Crippen molar-refractivity contribution in [1.82, 2.24) is 4.98 Å². The number of H-pyrrole nitrogens is 1. The molecule has 0 saturated carbocycles. The molecule has 13 heavy (non-hydrogen) atoms. The molecular weight excluding hydrogens is 168 g/mol. The fourth-order valence-corrected chi connectivity index (χ4v) is 1.29. The molecular formula is C9H8N2O2. The number of hydrogen-bond acceptors (Lipinski definition) is 2. The summed E-state index contributed by atoms with van der Waals surface area (Å²) in [4.78, 5) is 13.4. The highest BCUT2D eigenvalue weighted by atomic mass is 16.4. The average Bonchev–Trinajstić information content (AvgIpc) is 2.49. The molecule has 66 valence electrons. The number of rotatable bonds is 1. The molecule has 0 spiro atoms. The predicted molar refractivity (Wildman–Crippen MR) is 49.7 cm³/mol. The van der Waals surface area contributed by atoms with Crippen LogP contribution in [0, 0.1) is 0 Å². The summed E-state index contributed by atoms with van der Waals surface area (Å²) >= 11 is 0. The Labute approximate surface area is 74.0 Å². The highest BCUT2D eigenvalue weighted by Gasteiger charge is 2.07. The number of benzene rings is 1. The van der Waals surface area contributed by atoms with Crippen LogP contribution >= 0.6 is 0 Å². The van der Waals surface area contributed by atoms with Crippen molar-refractivity contribution in [2.24, 2.45) is 0 Å². The molecule has 0 radical (unpaired) electrons. The molecule has 0 aliphatic rings. The quantitative estimate of drug-likeness (QED) is 0.575. The Kier molecular flexibility index (Phi) is 1.48. The van der Waals surface area contributed by atoms with Crippen LogP contribution < -0.4 is 5.73 Å². The maximum Gasteiger partial charge on any atom is 0.352 e. The molecule has 4 nitrogen and oxygen atoms in total. The van der Waals surface area contributed by atoms with E-state index in [1.54, 1.807) is 18.2 Å². The third-order valence-corrected chi connectivity index (χ3v) is 1.93. The molecule has 2 aromatic rings. The first-order valence-corrected chi connectivity index (χ1v) is 3.79. The van der Waals surface area contributed by atoms with Gasteiger partial charge in [-0.2, -0.15) is 0 Å². The van der Waals surface area contributed by atoms with Gasteiger partial charge in [-0.3, -0.25) is 0 Å². The number of fused-ring (bicyclic) bond motifs is 1. The minimum atomic E-state index is -0.976. The highest BCUT2D eigenvalue weighted by Crippen LogP contribution is 2.21. The Morgan fingerprint density at radius 1 is 1.46 bits per heavy atom. The Bertz CT molecular complexity index is 473. The van der Waals surface area contributed by atoms with Crippen LogP contribution in [0.4, 0.5) is 5.69 Å². The number of carboxylic acid groups (broad SMARTS) is 1. The third kappa shape index (κ3) is 1.12. The summed E-state index contributed by atoms with van der Waals surface area (Å²) in [5.41, 5.74) is 7.15. The average molecular weight is 176 g/mol. The van der Waals surface area contributed by atoms with Gasteiger partial charge in [-0.25, -0.2) is 4.79 Å². The fraction of sp³-hybridized carbons (Fsp3) is 0. The SMILES string of the molecule is Nc1cccc2[nH]c(C(=O)O)cc12. The van der Waals surface area contributed by atoms with Gasteiger partial charge in [0.25, 0.3) is 0 Å². The number of anilines is 1. The Morgan fingerprint density at radius 2 is 2.23 bits per heavy atom. The van der Waals surface area contributed by atoms with Gasteiger partial charge in [0.1, 0.15) is 5.69 Å². The van der Waals surface area contributed by atoms with Crippen LogP contribution in [0.3, 0.4) is 0 Å². The van der Waals surface area contributed by atoms with Crippen molar-refractivity contribution in [3.8, 4) is 0 Å². The minimum Gasteiger partial charge on any atom is -0.477 e. The van der Waals surface area contributed by atoms with E-state index in [1.165, 1.54) is 6.07 Å². The molecule has 0 aliphatic heterocycles. The topological polar surface area (TPSA) is 79.1 Å². The van der Waals surface area contributed by atoms with Crippen molar-refractivity contribution in [2.45, 2.75) is 0 Å². The van der Waals surface area contributed by atoms with Gasteiger partial charge in [0.05, 0.1) is 0 Å². The van der Waals surface area contributed by atoms with Crippen molar-refractivity contribution < 1.29 is 9.90 Å². The molecule has 0 saturated heterocycles. The standard InChI is InChI=1S/C9H8N2O2/c10-6-2-1-3-7-5(6)4-8(11-7)9(12)13/h1-4,11H,10H2,(H,12,13). The van der Waals surface area contributed by atoms with Crippen LogP contribution in [-0.4, -0.2) is 16.1 Å². The molecule has 1 heterocycles. The largest absolute Gasteiger partial charge is 0.477 e. The maximum absolute atomic E-state index is 10.6. The molecule has 0 fully saturated rings. The van der Waals surface area contributed by atoms with Crippen LogP contribution in [0.25, 0.3) is 10.9 Å². The number of hydrogen-bond donors (Lipinski definition) is 3. The van der Waals surface area contributed by atoms with Gasteiger partial charge in [-0.05, 0) is 18.2 Å². The lowest BCUT2D eigenvalue weighted by molar-refractivity contribution is 0.0691. The summed E-state index contributed by atoms with van der Waals surface area (Å²) < 4.78 is 0. The molecule has 4 N–H and O–H groups in total. The van der Waals surface area contributed by atoms with E-state index in [0.717, 1.165) is 10.9 Å². The maximum atomic E-state index is 10.6. The predicted octanol–water partition coefficient (Wildman–Crippen LogP) is 1.45. The third-order valence-electron chi connectivity index (χ3n) is 1.93. The Balaban J connectivity index is 2.75. The van der Waals surface area contributed by atoms with Crippen LogP contribution in [0.2, 0.25) is 0 Å². The second kappa shape index (κ2) is 2.52. The zero-order chi connectivity index (χ0) is 9.42. The number of carboxylic acids is 1. The Hall–Kier alpha value is -1.97. The highest BCUT2D eigenvalue weighted by molar-refractivity contribution is 5.98. The molecule has 0 bridgehead atoms. The zero-order valence-electron chi connectivity index (χ0n) is 6.74. The van der Waals surface area contributed by atoms with Gasteiger partial charge in [0.15, 0.2) is 0 Å². The van der Waals surface area contributed by atoms with Crippen molar-refractivity contribution in [3.05, 3.63) is 30.0 Å². The molecule has 0 unspecified atom stereocenters. The number of nitrogens with two attached hydrogens (primary N) is 1. The summed E-state index contributed by atoms with van der Waals surface area (Å²) in [6.45, 7) is 0. The number of carbonyl (C=O) groups is 1. The summed E-state index contributed by atoms with van der Waals surface area (Å²) in [6.07, 6.45) is 0. The summed E-state index contributed by atoms with van der Waals surface area (Å²) in [7, 11) is 0. The van der Waals surface area contributed by atoms with Crippen LogP contribution in [0.1, 0.15) is 10.5 Å². The second-order valence-corrected chi connectivity index (χ2v) is 2.80. The van der Waals surface area contributed by atoms with Gasteiger partial charge in [-0.1, -0.05) is 6.07 Å². The van der Waals surface area contributed by atoms with E-state index in [9.17, 15) is 4.79 Å². The summed E-state index contributed by atoms with van der Waals surface area (Å²) in [6, 6.07) is 6.84. The van der Waals surface area contributed by atoms with Crippen molar-refractivity contribution in [1.29, 1.82) is 0 Å². The van der Waals surface area contributed by atoms with E-state index in [4.69, 9.17) is 10.8 Å². The first-order chi connectivity index (χ1) is 6.18. The number of aromatic carboxylic acids is 1. The molecule has 4 heteroatoms. The first-order valence-electron chi connectivity index (χ1n) is 3.79. The lowest BCUT2D eigenvalue weighted by Gasteiger charge is -1.92. The van der Waals surface area contributed by atoms with Crippen molar-refractivity contribution in [2.75, 3.05) is 5.73 Å². The summed E-state index contributed by atoms with van der Waals surface area (Å²) in [5, 5.41) is 9.45. The van der Waals surface area contributed by atoms with Crippen molar-refractivity contribution in [3.63, 3.8) is 0 Å². The van der Waals surface area contributed by atoms with Gasteiger partial charge in [0.2, 0.25) is 0 Å². The normalized spacial score (nSPS) is 10.5. The van der Waals surface area contributed by atoms with Gasteiger partial charge in [0, 0.05) is 16.6 Å². The molecule has 1 aromatic carbocycles. The monoisotopic (exact) mass is 176 g/mol. The number of nitrogen functional groups attached to an aromatic ring is 1. The molecule has 0 amide bonds. The second-order valence-electron chi connectivity index (χ2n) is 2.80. The smallest absolute Gasteiger partial charge is 0.352 e. The van der Waals surface area contributed by atoms with E-state index in [0.29, 0.717) is 5.69 Å². The zero-order valence-corrected chi connectivity index (χ0v) is 6.74. The number of nitrogens with one attached hydrogen (secondary N) is 1. The van der Waals surface area contributed by atoms with E-state index < -0.39 is 5.97 Å². The van der Waals surface area contributed by atoms with E-state index in [1.807, 2.05) is 0 Å². The molecule has 2 rings (SSSR count). The first kappa shape index (κ1) is 7.67. The van der Waals surface area contributed by atoms with E-state index in [2.05, 4.69) is 4.98 Å². The number of aromatic nitrogens is 1. The minimum absolute atomic E-state index is 0.160. The molecule has 0 atom stereocenters. The van der Waals surface area contributed by atoms with Crippen LogP contribution in [-0.2, 0) is 0 Å². The van der Waals surface area contributed by atoms with Gasteiger partial charge >= 0.3 is 5.97 Å². The van der Waals surface area contributed by atoms with Gasteiger partial charge in [-0.15, -0.1) is 0 Å². The summed E-state index contributed by atoms with van der Waals surface area (Å²) in [5.74, 6) is -0.976. The molecule has 1 aromatic heterocycles. The Morgan fingerprint density at radius 3 is 2.85 bits per heavy atom. The van der Waals surface area contributed by atoms with E-state index in [-0.39, 0.29) is 5.69 Å². The fourth-order valence-electron chi connectivity index (χ4n) is 1.29. The lowest BCUT2D eigenvalue weighted by atomic mass is 10.2. The number of aromatic amines is 1. The van der Waals surface area contributed by atoms with Crippen LogP contribution in [0.15, 0.2) is 24.3 Å². The lowest BCUT2D eigenvalue weighted by Crippen LogP contribution is -1.94. The van der Waals surface area contributed by atoms with E-state index >= 15 is 0 Å². The molecule has 0 aliphatic carbocycles. The van der Waals surface area contributed by atoms with Gasteiger partial charge < -0.3 is 15.8 Å². The van der Waals surface area contributed by atoms with Crippen LogP contribution in [0.5, 0.6) is 0 Å².